The Morgan fingerprint density at radius 1 is 1.00 bits per heavy atom. The Labute approximate surface area is 129 Å². The van der Waals surface area contributed by atoms with Gasteiger partial charge in [0.15, 0.2) is 0 Å². The lowest BCUT2D eigenvalue weighted by Crippen LogP contribution is -2.17. The van der Waals surface area contributed by atoms with Gasteiger partial charge in [-0.2, -0.15) is 0 Å². The second-order valence-electron chi connectivity index (χ2n) is 5.47. The number of nitrogens with one attached hydrogen (secondary N) is 1. The predicted molar refractivity (Wildman–Crippen MR) is 88.0 cm³/mol. The normalized spacial score (nSPS) is 12.8. The first-order valence-corrected chi connectivity index (χ1v) is 7.39. The highest BCUT2D eigenvalue weighted by Gasteiger charge is 2.17. The van der Waals surface area contributed by atoms with Gasteiger partial charge in [-0.05, 0) is 62.4 Å². The summed E-state index contributed by atoms with van der Waals surface area (Å²) in [5, 5.41) is 5.19. The van der Waals surface area contributed by atoms with Crippen molar-refractivity contribution in [2.24, 2.45) is 0 Å². The molecular weight excluding hydrogens is 282 g/mol. The van der Waals surface area contributed by atoms with Crippen molar-refractivity contribution in [1.82, 2.24) is 5.32 Å². The van der Waals surface area contributed by atoms with Crippen molar-refractivity contribution in [2.75, 3.05) is 7.05 Å². The van der Waals surface area contributed by atoms with Crippen molar-refractivity contribution in [1.29, 1.82) is 0 Å². The van der Waals surface area contributed by atoms with Crippen molar-refractivity contribution >= 4 is 22.6 Å². The number of aryl methyl sites for hydroxylation is 2. The fourth-order valence-corrected chi connectivity index (χ4v) is 3.03. The molecule has 0 saturated heterocycles. The maximum absolute atomic E-state index is 6.18. The van der Waals surface area contributed by atoms with Crippen molar-refractivity contribution < 1.29 is 4.42 Å². The zero-order valence-electron chi connectivity index (χ0n) is 12.4. The minimum atomic E-state index is -0.00453. The summed E-state index contributed by atoms with van der Waals surface area (Å²) in [5.74, 6) is 0.903. The molecule has 3 aromatic rings. The first-order chi connectivity index (χ1) is 10.1. The van der Waals surface area contributed by atoms with Crippen LogP contribution in [-0.2, 0) is 0 Å². The maximum Gasteiger partial charge on any atom is 0.134 e. The van der Waals surface area contributed by atoms with E-state index in [1.165, 1.54) is 5.56 Å². The van der Waals surface area contributed by atoms with Crippen molar-refractivity contribution in [3.05, 3.63) is 69.9 Å². The molecule has 0 spiro atoms. The lowest BCUT2D eigenvalue weighted by Gasteiger charge is -2.15. The standard InChI is InChI=1S/C18H18ClNO/c1-11-4-5-16-13(6-11)10-17(21-16)18(20-3)14-7-12(2)8-15(19)9-14/h4-10,18,20H,1-3H3. The van der Waals surface area contributed by atoms with Crippen LogP contribution < -0.4 is 5.32 Å². The summed E-state index contributed by atoms with van der Waals surface area (Å²) < 4.78 is 6.00. The molecule has 0 amide bonds. The van der Waals surface area contributed by atoms with Gasteiger partial charge in [0.25, 0.3) is 0 Å². The van der Waals surface area contributed by atoms with Crippen molar-refractivity contribution in [3.63, 3.8) is 0 Å². The molecule has 0 aliphatic heterocycles. The SMILES string of the molecule is CNC(c1cc(C)cc(Cl)c1)c1cc2cc(C)ccc2o1. The summed E-state index contributed by atoms with van der Waals surface area (Å²) in [6, 6.07) is 14.4. The number of furan rings is 1. The van der Waals surface area contributed by atoms with E-state index in [1.54, 1.807) is 0 Å². The molecule has 108 valence electrons. The van der Waals surface area contributed by atoms with E-state index in [0.717, 1.165) is 32.9 Å². The van der Waals surface area contributed by atoms with E-state index in [2.05, 4.69) is 36.5 Å². The van der Waals surface area contributed by atoms with Gasteiger partial charge in [0.05, 0.1) is 6.04 Å². The van der Waals surface area contributed by atoms with Crippen LogP contribution in [0.25, 0.3) is 11.0 Å². The van der Waals surface area contributed by atoms with Crippen molar-refractivity contribution in [3.8, 4) is 0 Å². The van der Waals surface area contributed by atoms with Gasteiger partial charge >= 0.3 is 0 Å². The Hall–Kier alpha value is -1.77. The average molecular weight is 300 g/mol. The van der Waals surface area contributed by atoms with Gasteiger partial charge in [0.2, 0.25) is 0 Å². The van der Waals surface area contributed by atoms with Crippen LogP contribution in [0.4, 0.5) is 0 Å². The quantitative estimate of drug-likeness (QED) is 0.735. The van der Waals surface area contributed by atoms with Gasteiger partial charge in [0, 0.05) is 10.4 Å². The molecule has 0 aliphatic rings. The molecule has 1 N–H and O–H groups in total. The number of rotatable bonds is 3. The monoisotopic (exact) mass is 299 g/mol. The molecule has 0 bridgehead atoms. The third-order valence-electron chi connectivity index (χ3n) is 3.66. The summed E-state index contributed by atoms with van der Waals surface area (Å²) in [6.07, 6.45) is 0. The highest BCUT2D eigenvalue weighted by Crippen LogP contribution is 2.30. The van der Waals surface area contributed by atoms with Crippen LogP contribution in [0, 0.1) is 13.8 Å². The molecule has 0 saturated carbocycles. The molecule has 3 rings (SSSR count). The number of hydrogen-bond acceptors (Lipinski definition) is 2. The lowest BCUT2D eigenvalue weighted by atomic mass is 10.0. The molecule has 3 heteroatoms. The van der Waals surface area contributed by atoms with E-state index in [0.29, 0.717) is 0 Å². The van der Waals surface area contributed by atoms with E-state index >= 15 is 0 Å². The van der Waals surface area contributed by atoms with E-state index in [4.69, 9.17) is 16.0 Å². The number of halogens is 1. The topological polar surface area (TPSA) is 25.2 Å². The third-order valence-corrected chi connectivity index (χ3v) is 3.88. The van der Waals surface area contributed by atoms with Gasteiger partial charge in [-0.15, -0.1) is 0 Å². The Morgan fingerprint density at radius 3 is 2.52 bits per heavy atom. The Bertz CT molecular complexity index is 771. The molecular formula is C18H18ClNO. The first-order valence-electron chi connectivity index (χ1n) is 7.01. The zero-order chi connectivity index (χ0) is 15.0. The molecule has 0 aliphatic carbocycles. The second kappa shape index (κ2) is 5.55. The van der Waals surface area contributed by atoms with Crippen molar-refractivity contribution in [2.45, 2.75) is 19.9 Å². The Balaban J connectivity index is 2.08. The summed E-state index contributed by atoms with van der Waals surface area (Å²) >= 11 is 6.18. The van der Waals surface area contributed by atoms with E-state index in [-0.39, 0.29) is 6.04 Å². The van der Waals surface area contributed by atoms with Gasteiger partial charge in [-0.25, -0.2) is 0 Å². The first kappa shape index (κ1) is 14.2. The fraction of sp³-hybridized carbons (Fsp3) is 0.222. The lowest BCUT2D eigenvalue weighted by molar-refractivity contribution is 0.491. The minimum absolute atomic E-state index is 0.00453. The van der Waals surface area contributed by atoms with Crippen LogP contribution in [0.5, 0.6) is 0 Å². The Morgan fingerprint density at radius 2 is 1.81 bits per heavy atom. The predicted octanol–water partition coefficient (Wildman–Crippen LogP) is 5.01. The molecule has 2 aromatic carbocycles. The van der Waals surface area contributed by atoms with Crippen LogP contribution in [0.15, 0.2) is 46.9 Å². The second-order valence-corrected chi connectivity index (χ2v) is 5.91. The maximum atomic E-state index is 6.18. The van der Waals surface area contributed by atoms with E-state index < -0.39 is 0 Å². The average Bonchev–Trinajstić information content (AvgIpc) is 2.81. The molecule has 21 heavy (non-hydrogen) atoms. The van der Waals surface area contributed by atoms with Crippen LogP contribution in [-0.4, -0.2) is 7.05 Å². The largest absolute Gasteiger partial charge is 0.459 e. The van der Waals surface area contributed by atoms with Crippen LogP contribution >= 0.6 is 11.6 Å². The number of fused-ring (bicyclic) bond motifs is 1. The summed E-state index contributed by atoms with van der Waals surface area (Å²) in [7, 11) is 1.93. The van der Waals surface area contributed by atoms with Gasteiger partial charge < -0.3 is 9.73 Å². The molecule has 1 aromatic heterocycles. The van der Waals surface area contributed by atoms with Crippen LogP contribution in [0.3, 0.4) is 0 Å². The molecule has 1 unspecified atom stereocenters. The smallest absolute Gasteiger partial charge is 0.134 e. The minimum Gasteiger partial charge on any atom is -0.459 e. The molecule has 1 atom stereocenters. The van der Waals surface area contributed by atoms with E-state index in [9.17, 15) is 0 Å². The van der Waals surface area contributed by atoms with E-state index in [1.807, 2.05) is 32.2 Å². The van der Waals surface area contributed by atoms with Gasteiger partial charge in [-0.1, -0.05) is 29.3 Å². The molecule has 0 radical (unpaired) electrons. The Kier molecular flexibility index (Phi) is 3.75. The summed E-state index contributed by atoms with van der Waals surface area (Å²) in [6.45, 7) is 4.13. The highest BCUT2D eigenvalue weighted by atomic mass is 35.5. The van der Waals surface area contributed by atoms with Gasteiger partial charge in [0.1, 0.15) is 11.3 Å². The van der Waals surface area contributed by atoms with Gasteiger partial charge in [-0.3, -0.25) is 0 Å². The molecule has 0 fully saturated rings. The summed E-state index contributed by atoms with van der Waals surface area (Å²) in [4.78, 5) is 0. The fourth-order valence-electron chi connectivity index (χ4n) is 2.73. The van der Waals surface area contributed by atoms with Crippen LogP contribution in [0.2, 0.25) is 5.02 Å². The molecule has 1 heterocycles. The summed E-state index contributed by atoms with van der Waals surface area (Å²) in [5.41, 5.74) is 4.40. The molecule has 2 nitrogen and oxygen atoms in total. The third kappa shape index (κ3) is 2.82. The highest BCUT2D eigenvalue weighted by molar-refractivity contribution is 6.30. The zero-order valence-corrected chi connectivity index (χ0v) is 13.2. The van der Waals surface area contributed by atoms with Crippen LogP contribution in [0.1, 0.15) is 28.5 Å². The number of hydrogen-bond donors (Lipinski definition) is 1. The number of benzene rings is 2.